The summed E-state index contributed by atoms with van der Waals surface area (Å²) in [5, 5.41) is 6.87. The third kappa shape index (κ3) is 8.32. The highest BCUT2D eigenvalue weighted by Gasteiger charge is 2.26. The number of nitrogens with zero attached hydrogens (tertiary/aromatic N) is 2. The van der Waals surface area contributed by atoms with Gasteiger partial charge in [0.2, 0.25) is 5.91 Å². The second-order valence-corrected chi connectivity index (χ2v) is 7.72. The average molecular weight is 530 g/mol. The van der Waals surface area contributed by atoms with Crippen LogP contribution < -0.4 is 15.4 Å². The maximum absolute atomic E-state index is 12.5. The Hall–Kier alpha value is -1.51. The quantitative estimate of drug-likeness (QED) is 0.220. The average Bonchev–Trinajstić information content (AvgIpc) is 2.75. The minimum absolute atomic E-state index is 0. The molecule has 1 aliphatic heterocycles. The monoisotopic (exact) mass is 530 g/mol. The number of ether oxygens (including phenoxy) is 1. The number of aryl methyl sites for hydroxylation is 1. The first kappa shape index (κ1) is 26.5. The normalized spacial score (nSPS) is 15.0. The summed E-state index contributed by atoms with van der Waals surface area (Å²) in [6, 6.07) is 8.43. The van der Waals surface area contributed by atoms with Gasteiger partial charge in [0.05, 0.1) is 6.61 Å². The number of halogens is 1. The van der Waals surface area contributed by atoms with Crippen molar-refractivity contribution in [2.75, 3.05) is 33.3 Å². The van der Waals surface area contributed by atoms with Crippen LogP contribution in [0.4, 0.5) is 0 Å². The van der Waals surface area contributed by atoms with Crippen molar-refractivity contribution in [2.45, 2.75) is 58.9 Å². The number of nitrogens with one attached hydrogen (secondary N) is 2. The van der Waals surface area contributed by atoms with Crippen LogP contribution in [0.15, 0.2) is 29.3 Å². The van der Waals surface area contributed by atoms with Crippen molar-refractivity contribution >= 4 is 35.8 Å². The lowest BCUT2D eigenvalue weighted by Crippen LogP contribution is -2.50. The minimum Gasteiger partial charge on any atom is -0.493 e. The molecule has 1 amide bonds. The van der Waals surface area contributed by atoms with Gasteiger partial charge in [0.15, 0.2) is 5.96 Å². The predicted molar refractivity (Wildman–Crippen MR) is 135 cm³/mol. The van der Waals surface area contributed by atoms with E-state index < -0.39 is 0 Å². The molecule has 1 aliphatic rings. The molecule has 0 aromatic heterocycles. The van der Waals surface area contributed by atoms with Gasteiger partial charge in [-0.15, -0.1) is 24.0 Å². The number of hydrogen-bond acceptors (Lipinski definition) is 3. The first-order chi connectivity index (χ1) is 14.1. The van der Waals surface area contributed by atoms with Crippen LogP contribution in [0, 0.1) is 12.8 Å². The van der Waals surface area contributed by atoms with Gasteiger partial charge in [-0.25, -0.2) is 0 Å². The Morgan fingerprint density at radius 1 is 1.23 bits per heavy atom. The first-order valence-corrected chi connectivity index (χ1v) is 11.0. The molecule has 1 aromatic carbocycles. The van der Waals surface area contributed by atoms with Crippen molar-refractivity contribution in [3.63, 3.8) is 0 Å². The van der Waals surface area contributed by atoms with Crippen LogP contribution in [-0.2, 0) is 4.79 Å². The van der Waals surface area contributed by atoms with Gasteiger partial charge in [-0.3, -0.25) is 9.79 Å². The summed E-state index contributed by atoms with van der Waals surface area (Å²) in [6.07, 6.45) is 4.68. The number of carbonyl (C=O) groups excluding carboxylic acids is 1. The van der Waals surface area contributed by atoms with E-state index in [1.165, 1.54) is 0 Å². The third-order valence-electron chi connectivity index (χ3n) is 5.67. The minimum atomic E-state index is 0. The van der Waals surface area contributed by atoms with Gasteiger partial charge in [0.1, 0.15) is 5.75 Å². The van der Waals surface area contributed by atoms with E-state index in [0.29, 0.717) is 18.6 Å². The summed E-state index contributed by atoms with van der Waals surface area (Å²) in [6.45, 7) is 9.39. The van der Waals surface area contributed by atoms with Gasteiger partial charge in [0.25, 0.3) is 0 Å². The molecule has 0 spiro atoms. The fourth-order valence-corrected chi connectivity index (χ4v) is 3.71. The summed E-state index contributed by atoms with van der Waals surface area (Å²) in [4.78, 5) is 18.9. The molecule has 0 saturated carbocycles. The lowest BCUT2D eigenvalue weighted by atomic mass is 9.98. The van der Waals surface area contributed by atoms with Gasteiger partial charge in [-0.05, 0) is 50.7 Å². The molecule has 0 atom stereocenters. The van der Waals surface area contributed by atoms with Crippen molar-refractivity contribution < 1.29 is 9.53 Å². The molecule has 2 rings (SSSR count). The van der Waals surface area contributed by atoms with Crippen LogP contribution in [0.25, 0.3) is 0 Å². The zero-order valence-corrected chi connectivity index (χ0v) is 21.3. The Morgan fingerprint density at radius 3 is 2.50 bits per heavy atom. The molecule has 1 saturated heterocycles. The molecule has 0 unspecified atom stereocenters. The predicted octanol–water partition coefficient (Wildman–Crippen LogP) is 3.97. The second-order valence-electron chi connectivity index (χ2n) is 7.72. The van der Waals surface area contributed by atoms with E-state index in [9.17, 15) is 4.79 Å². The molecular formula is C23H39IN4O2. The molecule has 0 bridgehead atoms. The fourth-order valence-electron chi connectivity index (χ4n) is 3.71. The molecule has 30 heavy (non-hydrogen) atoms. The van der Waals surface area contributed by atoms with Crippen LogP contribution >= 0.6 is 24.0 Å². The van der Waals surface area contributed by atoms with Gasteiger partial charge in [-0.2, -0.15) is 0 Å². The van der Waals surface area contributed by atoms with Gasteiger partial charge in [-0.1, -0.05) is 32.0 Å². The largest absolute Gasteiger partial charge is 0.493 e. The Morgan fingerprint density at radius 2 is 1.90 bits per heavy atom. The van der Waals surface area contributed by atoms with E-state index in [0.717, 1.165) is 69.0 Å². The number of carbonyl (C=O) groups is 1. The fraction of sp³-hybridized carbons (Fsp3) is 0.652. The highest BCUT2D eigenvalue weighted by atomic mass is 127. The van der Waals surface area contributed by atoms with Crippen molar-refractivity contribution in [3.8, 4) is 5.75 Å². The number of hydrogen-bond donors (Lipinski definition) is 2. The maximum Gasteiger partial charge on any atom is 0.225 e. The number of guanidine groups is 1. The van der Waals surface area contributed by atoms with Crippen LogP contribution in [0.3, 0.4) is 0 Å². The van der Waals surface area contributed by atoms with Crippen LogP contribution in [0.2, 0.25) is 0 Å². The molecule has 7 heteroatoms. The maximum atomic E-state index is 12.5. The second kappa shape index (κ2) is 14.5. The Kier molecular flexibility index (Phi) is 12.8. The highest BCUT2D eigenvalue weighted by Crippen LogP contribution is 2.18. The lowest BCUT2D eigenvalue weighted by molar-refractivity contribution is -0.136. The summed E-state index contributed by atoms with van der Waals surface area (Å²) in [7, 11) is 1.80. The molecule has 0 radical (unpaired) electrons. The van der Waals surface area contributed by atoms with Crippen molar-refractivity contribution in [1.82, 2.24) is 15.5 Å². The zero-order valence-electron chi connectivity index (χ0n) is 18.9. The SMILES string of the molecule is CCC(CC)C(=O)N1CCC(NC(=NC)NCCCOc2ccccc2C)CC1.I. The standard InChI is InChI=1S/C23H38N4O2.HI/c1-5-19(6-2)22(28)27-15-12-20(13-16-27)26-23(24-4)25-14-9-17-29-21-11-8-7-10-18(21)3;/h7-8,10-11,19-20H,5-6,9,12-17H2,1-4H3,(H2,24,25,26);1H. The van der Waals surface area contributed by atoms with Crippen molar-refractivity contribution in [3.05, 3.63) is 29.8 Å². The molecule has 1 heterocycles. The molecule has 1 fully saturated rings. The van der Waals surface area contributed by atoms with E-state index in [2.05, 4.69) is 42.5 Å². The highest BCUT2D eigenvalue weighted by molar-refractivity contribution is 14.0. The van der Waals surface area contributed by atoms with E-state index in [-0.39, 0.29) is 29.9 Å². The van der Waals surface area contributed by atoms with E-state index in [4.69, 9.17) is 4.74 Å². The van der Waals surface area contributed by atoms with Gasteiger partial charge < -0.3 is 20.3 Å². The zero-order chi connectivity index (χ0) is 21.1. The molecule has 2 N–H and O–H groups in total. The van der Waals surface area contributed by atoms with E-state index in [1.807, 2.05) is 23.1 Å². The third-order valence-corrected chi connectivity index (χ3v) is 5.67. The van der Waals surface area contributed by atoms with Gasteiger partial charge in [0, 0.05) is 38.6 Å². The Bertz CT molecular complexity index is 656. The molecule has 6 nitrogen and oxygen atoms in total. The Balaban J connectivity index is 0.00000450. The van der Waals surface area contributed by atoms with Crippen molar-refractivity contribution in [1.29, 1.82) is 0 Å². The van der Waals surface area contributed by atoms with Crippen LogP contribution in [0.1, 0.15) is 51.5 Å². The number of piperidine rings is 1. The number of rotatable bonds is 9. The number of para-hydroxylation sites is 1. The summed E-state index contributed by atoms with van der Waals surface area (Å²) >= 11 is 0. The topological polar surface area (TPSA) is 66.0 Å². The van der Waals surface area contributed by atoms with E-state index in [1.54, 1.807) is 7.05 Å². The summed E-state index contributed by atoms with van der Waals surface area (Å²) in [5.74, 6) is 2.27. The summed E-state index contributed by atoms with van der Waals surface area (Å²) in [5.41, 5.74) is 1.16. The van der Waals surface area contributed by atoms with Crippen LogP contribution in [0.5, 0.6) is 5.75 Å². The molecule has 0 aliphatic carbocycles. The van der Waals surface area contributed by atoms with Crippen molar-refractivity contribution in [2.24, 2.45) is 10.9 Å². The van der Waals surface area contributed by atoms with Gasteiger partial charge >= 0.3 is 0 Å². The number of amides is 1. The Labute approximate surface area is 199 Å². The number of aliphatic imine (C=N–C) groups is 1. The number of likely N-dealkylation sites (tertiary alicyclic amines) is 1. The number of benzene rings is 1. The first-order valence-electron chi connectivity index (χ1n) is 11.0. The van der Waals surface area contributed by atoms with E-state index >= 15 is 0 Å². The molecule has 170 valence electrons. The van der Waals surface area contributed by atoms with Crippen LogP contribution in [-0.4, -0.2) is 56.1 Å². The summed E-state index contributed by atoms with van der Waals surface area (Å²) < 4.78 is 5.84. The molecule has 1 aromatic rings. The smallest absolute Gasteiger partial charge is 0.225 e. The molecular weight excluding hydrogens is 491 g/mol. The lowest BCUT2D eigenvalue weighted by Gasteiger charge is -2.34.